The summed E-state index contributed by atoms with van der Waals surface area (Å²) in [7, 11) is 2.97. The van der Waals surface area contributed by atoms with Crippen LogP contribution >= 0.6 is 12.4 Å². The second kappa shape index (κ2) is 10.1. The second-order valence-corrected chi connectivity index (χ2v) is 5.95. The summed E-state index contributed by atoms with van der Waals surface area (Å²) in [6.07, 6.45) is 0. The lowest BCUT2D eigenvalue weighted by molar-refractivity contribution is -0.132. The van der Waals surface area contributed by atoms with Gasteiger partial charge in [-0.2, -0.15) is 8.78 Å². The van der Waals surface area contributed by atoms with E-state index in [1.165, 1.54) is 24.1 Å². The maximum atomic E-state index is 12.5. The summed E-state index contributed by atoms with van der Waals surface area (Å²) >= 11 is 0. The topological polar surface area (TPSA) is 64.8 Å². The van der Waals surface area contributed by atoms with Crippen molar-refractivity contribution < 1.29 is 23.0 Å². The first-order chi connectivity index (χ1) is 12.3. The number of hydrogen-bond acceptors (Lipinski definition) is 4. The maximum absolute atomic E-state index is 12.5. The summed E-state index contributed by atoms with van der Waals surface area (Å²) < 4.78 is 34.5. The van der Waals surface area contributed by atoms with Gasteiger partial charge < -0.3 is 20.1 Å². The van der Waals surface area contributed by atoms with Gasteiger partial charge in [0.05, 0.1) is 7.11 Å². The third kappa shape index (κ3) is 6.08. The Morgan fingerprint density at radius 1 is 1.15 bits per heavy atom. The first-order valence-corrected chi connectivity index (χ1v) is 8.00. The van der Waals surface area contributed by atoms with Gasteiger partial charge in [-0.25, -0.2) is 0 Å². The van der Waals surface area contributed by atoms with Crippen molar-refractivity contribution in [2.75, 3.05) is 14.2 Å². The van der Waals surface area contributed by atoms with Gasteiger partial charge in [0.25, 0.3) is 0 Å². The highest BCUT2D eigenvalue weighted by atomic mass is 35.5. The van der Waals surface area contributed by atoms with Gasteiger partial charge in [0.1, 0.15) is 6.04 Å². The summed E-state index contributed by atoms with van der Waals surface area (Å²) in [6.45, 7) is -0.818. The largest absolute Gasteiger partial charge is 0.493 e. The number of halogens is 3. The van der Waals surface area contributed by atoms with Crippen molar-refractivity contribution in [1.29, 1.82) is 0 Å². The monoisotopic (exact) mass is 400 g/mol. The molecule has 2 N–H and O–H groups in total. The van der Waals surface area contributed by atoms with Crippen LogP contribution in [0.3, 0.4) is 0 Å². The summed E-state index contributed by atoms with van der Waals surface area (Å²) in [5.41, 5.74) is 8.46. The van der Waals surface area contributed by atoms with E-state index in [9.17, 15) is 13.6 Å². The molecule has 0 spiro atoms. The molecule has 1 atom stereocenters. The van der Waals surface area contributed by atoms with Crippen LogP contribution in [0.5, 0.6) is 11.5 Å². The Morgan fingerprint density at radius 2 is 1.78 bits per heavy atom. The lowest BCUT2D eigenvalue weighted by Crippen LogP contribution is -2.35. The highest BCUT2D eigenvalue weighted by Crippen LogP contribution is 2.30. The zero-order valence-electron chi connectivity index (χ0n) is 15.3. The van der Waals surface area contributed by atoms with Gasteiger partial charge in [0.15, 0.2) is 11.5 Å². The number of rotatable bonds is 7. The number of ether oxygens (including phenoxy) is 2. The number of aryl methyl sites for hydroxylation is 1. The van der Waals surface area contributed by atoms with Crippen LogP contribution in [0.4, 0.5) is 8.78 Å². The number of nitrogens with zero attached hydrogens (tertiary/aromatic N) is 1. The Bertz CT molecular complexity index is 757. The minimum absolute atomic E-state index is 0. The fourth-order valence-electron chi connectivity index (χ4n) is 2.51. The third-order valence-corrected chi connectivity index (χ3v) is 3.94. The molecule has 5 nitrogen and oxygen atoms in total. The van der Waals surface area contributed by atoms with E-state index in [2.05, 4.69) is 4.74 Å². The Balaban J connectivity index is 0.00000364. The molecule has 0 fully saturated rings. The summed E-state index contributed by atoms with van der Waals surface area (Å²) in [5.74, 6) is -0.163. The average Bonchev–Trinajstić information content (AvgIpc) is 2.61. The zero-order chi connectivity index (χ0) is 19.3. The number of benzene rings is 2. The van der Waals surface area contributed by atoms with E-state index in [-0.39, 0.29) is 36.4 Å². The second-order valence-electron chi connectivity index (χ2n) is 5.95. The molecular weight excluding hydrogens is 378 g/mol. The summed E-state index contributed by atoms with van der Waals surface area (Å²) in [5, 5.41) is 0. The zero-order valence-corrected chi connectivity index (χ0v) is 16.1. The van der Waals surface area contributed by atoms with E-state index in [0.29, 0.717) is 11.1 Å². The van der Waals surface area contributed by atoms with Gasteiger partial charge >= 0.3 is 6.61 Å². The molecule has 0 heterocycles. The number of likely N-dealkylation sites (N-methyl/N-ethyl adjacent to an activating group) is 1. The summed E-state index contributed by atoms with van der Waals surface area (Å²) in [4.78, 5) is 14.0. The minimum Gasteiger partial charge on any atom is -0.493 e. The van der Waals surface area contributed by atoms with Crippen molar-refractivity contribution >= 4 is 18.3 Å². The molecule has 2 rings (SSSR count). The van der Waals surface area contributed by atoms with Crippen molar-refractivity contribution in [3.05, 3.63) is 59.2 Å². The van der Waals surface area contributed by atoms with Gasteiger partial charge in [0.2, 0.25) is 5.91 Å². The molecule has 148 valence electrons. The minimum atomic E-state index is -2.96. The quantitative estimate of drug-likeness (QED) is 0.769. The standard InChI is InChI=1S/C19H22F2N2O3.ClH/c1-12-4-7-14(8-5-12)17(22)18(24)23(2)11-13-6-9-15(25-3)16(10-13)26-19(20)21;/h4-10,17,19H,11,22H2,1-3H3;1H. The molecule has 2 aromatic rings. The maximum Gasteiger partial charge on any atom is 0.387 e. The van der Waals surface area contributed by atoms with Gasteiger partial charge in [-0.15, -0.1) is 12.4 Å². The van der Waals surface area contributed by atoms with Gasteiger partial charge in [-0.1, -0.05) is 35.9 Å². The first kappa shape index (κ1) is 22.7. The fraction of sp³-hybridized carbons (Fsp3) is 0.316. The fourth-order valence-corrected chi connectivity index (χ4v) is 2.51. The number of hydrogen-bond donors (Lipinski definition) is 1. The smallest absolute Gasteiger partial charge is 0.387 e. The van der Waals surface area contributed by atoms with Crippen molar-refractivity contribution in [3.8, 4) is 11.5 Å². The number of nitrogens with two attached hydrogens (primary N) is 1. The van der Waals surface area contributed by atoms with Gasteiger partial charge in [-0.05, 0) is 30.2 Å². The van der Waals surface area contributed by atoms with E-state index < -0.39 is 12.7 Å². The normalized spacial score (nSPS) is 11.5. The van der Waals surface area contributed by atoms with Crippen molar-refractivity contribution in [2.45, 2.75) is 26.1 Å². The van der Waals surface area contributed by atoms with Crippen LogP contribution in [0.15, 0.2) is 42.5 Å². The van der Waals surface area contributed by atoms with Crippen LogP contribution in [-0.2, 0) is 11.3 Å². The van der Waals surface area contributed by atoms with Crippen LogP contribution in [0.2, 0.25) is 0 Å². The molecule has 2 aromatic carbocycles. The van der Waals surface area contributed by atoms with E-state index in [0.717, 1.165) is 5.56 Å². The number of carbonyl (C=O) groups excluding carboxylic acids is 1. The van der Waals surface area contributed by atoms with Gasteiger partial charge in [0, 0.05) is 13.6 Å². The number of alkyl halides is 2. The van der Waals surface area contributed by atoms with Crippen molar-refractivity contribution in [1.82, 2.24) is 4.90 Å². The molecule has 0 aromatic heterocycles. The highest BCUT2D eigenvalue weighted by Gasteiger charge is 2.20. The molecule has 0 saturated carbocycles. The Morgan fingerprint density at radius 3 is 2.33 bits per heavy atom. The predicted octanol–water partition coefficient (Wildman–Crippen LogP) is 3.69. The molecule has 1 amide bonds. The van der Waals surface area contributed by atoms with Gasteiger partial charge in [-0.3, -0.25) is 4.79 Å². The third-order valence-electron chi connectivity index (χ3n) is 3.94. The number of methoxy groups -OCH3 is 1. The van der Waals surface area contributed by atoms with Crippen LogP contribution < -0.4 is 15.2 Å². The molecule has 0 saturated heterocycles. The summed E-state index contributed by atoms with van der Waals surface area (Å²) in [6, 6.07) is 11.2. The molecule has 0 bridgehead atoms. The predicted molar refractivity (Wildman–Crippen MR) is 101 cm³/mol. The van der Waals surface area contributed by atoms with Crippen LogP contribution in [0.1, 0.15) is 22.7 Å². The highest BCUT2D eigenvalue weighted by molar-refractivity contribution is 5.85. The molecule has 0 aliphatic carbocycles. The molecule has 1 unspecified atom stereocenters. The van der Waals surface area contributed by atoms with Crippen molar-refractivity contribution in [3.63, 3.8) is 0 Å². The lowest BCUT2D eigenvalue weighted by atomic mass is 10.0. The lowest BCUT2D eigenvalue weighted by Gasteiger charge is -2.22. The molecule has 0 aliphatic heterocycles. The molecule has 0 aliphatic rings. The van der Waals surface area contributed by atoms with E-state index in [1.54, 1.807) is 13.1 Å². The molecule has 0 radical (unpaired) electrons. The molecule has 27 heavy (non-hydrogen) atoms. The average molecular weight is 401 g/mol. The van der Waals surface area contributed by atoms with Crippen molar-refractivity contribution in [2.24, 2.45) is 5.73 Å². The molecule has 8 heteroatoms. The Kier molecular flexibility index (Phi) is 8.46. The van der Waals surface area contributed by atoms with E-state index >= 15 is 0 Å². The Hall–Kier alpha value is -2.38. The van der Waals surface area contributed by atoms with Crippen LogP contribution in [-0.4, -0.2) is 31.6 Å². The number of carbonyl (C=O) groups is 1. The SMILES string of the molecule is COc1ccc(CN(C)C(=O)C(N)c2ccc(C)cc2)cc1OC(F)F.Cl. The molecular formula is C19H23ClF2N2O3. The Labute approximate surface area is 163 Å². The number of amides is 1. The van der Waals surface area contributed by atoms with Crippen LogP contribution in [0, 0.1) is 6.92 Å². The van der Waals surface area contributed by atoms with E-state index in [1.807, 2.05) is 31.2 Å². The van der Waals surface area contributed by atoms with E-state index in [4.69, 9.17) is 10.5 Å². The van der Waals surface area contributed by atoms with Crippen LogP contribution in [0.25, 0.3) is 0 Å². The first-order valence-electron chi connectivity index (χ1n) is 8.00.